The fourth-order valence-electron chi connectivity index (χ4n) is 1.36. The third-order valence-corrected chi connectivity index (χ3v) is 3.53. The van der Waals surface area contributed by atoms with Gasteiger partial charge in [0.1, 0.15) is 5.82 Å². The molecule has 0 spiro atoms. The Hall–Kier alpha value is -1.07. The van der Waals surface area contributed by atoms with E-state index in [1.807, 2.05) is 0 Å². The molecule has 0 aliphatic carbocycles. The second kappa shape index (κ2) is 5.51. The highest BCUT2D eigenvalue weighted by Gasteiger charge is 2.19. The average molecular weight is 278 g/mol. The van der Waals surface area contributed by atoms with Crippen LogP contribution in [0.1, 0.15) is 6.42 Å². The molecule has 0 heterocycles. The van der Waals surface area contributed by atoms with Gasteiger partial charge in [-0.2, -0.15) is 0 Å². The molecule has 0 saturated carbocycles. The molecule has 1 rings (SSSR count). The molecule has 0 bridgehead atoms. The summed E-state index contributed by atoms with van der Waals surface area (Å²) in [5.74, 6) is -0.660. The lowest BCUT2D eigenvalue weighted by atomic mass is 10.3. The van der Waals surface area contributed by atoms with Gasteiger partial charge in [-0.1, -0.05) is 17.7 Å². The molecular weight excluding hydrogens is 265 g/mol. The molecule has 0 amide bonds. The number of hydrogen-bond acceptors (Lipinski definition) is 2. The summed E-state index contributed by atoms with van der Waals surface area (Å²) in [6.07, 6.45) is 3.05. The lowest BCUT2D eigenvalue weighted by Gasteiger charge is -2.22. The van der Waals surface area contributed by atoms with E-state index in [9.17, 15) is 12.8 Å². The SMILES string of the molecule is C=CCCN(c1ccc(Cl)cc1F)S(C)(=O)=O. The number of anilines is 1. The van der Waals surface area contributed by atoms with Gasteiger partial charge < -0.3 is 0 Å². The first-order valence-electron chi connectivity index (χ1n) is 4.90. The van der Waals surface area contributed by atoms with Crippen LogP contribution in [0.5, 0.6) is 0 Å². The summed E-state index contributed by atoms with van der Waals surface area (Å²) in [5, 5.41) is 0.225. The minimum absolute atomic E-state index is 0.00116. The Balaban J connectivity index is 3.17. The Morgan fingerprint density at radius 2 is 2.18 bits per heavy atom. The number of rotatable bonds is 5. The van der Waals surface area contributed by atoms with Gasteiger partial charge in [0.05, 0.1) is 11.9 Å². The maximum absolute atomic E-state index is 13.6. The van der Waals surface area contributed by atoms with Crippen LogP contribution in [-0.4, -0.2) is 21.2 Å². The monoisotopic (exact) mass is 277 g/mol. The van der Waals surface area contributed by atoms with Crippen LogP contribution in [0.2, 0.25) is 5.02 Å². The van der Waals surface area contributed by atoms with Crippen LogP contribution in [0.4, 0.5) is 10.1 Å². The summed E-state index contributed by atoms with van der Waals surface area (Å²) in [7, 11) is -3.52. The molecule has 0 aromatic heterocycles. The Kier molecular flexibility index (Phi) is 4.54. The van der Waals surface area contributed by atoms with Gasteiger partial charge in [-0.15, -0.1) is 6.58 Å². The average Bonchev–Trinajstić information content (AvgIpc) is 2.19. The number of hydrogen-bond donors (Lipinski definition) is 0. The van der Waals surface area contributed by atoms with Crippen LogP contribution in [0.15, 0.2) is 30.9 Å². The van der Waals surface area contributed by atoms with E-state index in [0.717, 1.165) is 16.6 Å². The van der Waals surface area contributed by atoms with Gasteiger partial charge >= 0.3 is 0 Å². The molecule has 1 aromatic rings. The predicted octanol–water partition coefficient (Wildman–Crippen LogP) is 2.82. The lowest BCUT2D eigenvalue weighted by Crippen LogP contribution is -2.31. The van der Waals surface area contributed by atoms with Crippen LogP contribution in [-0.2, 0) is 10.0 Å². The van der Waals surface area contributed by atoms with Gasteiger partial charge in [0.25, 0.3) is 0 Å². The summed E-state index contributed by atoms with van der Waals surface area (Å²) in [6.45, 7) is 3.66. The standard InChI is InChI=1S/C11H13ClFNO2S/c1-3-4-7-14(17(2,15)16)11-6-5-9(12)8-10(11)13/h3,5-6,8H,1,4,7H2,2H3. The Labute approximate surface area is 106 Å². The summed E-state index contributed by atoms with van der Waals surface area (Å²) < 4.78 is 37.8. The van der Waals surface area contributed by atoms with Crippen molar-refractivity contribution in [3.8, 4) is 0 Å². The van der Waals surface area contributed by atoms with Crippen LogP contribution < -0.4 is 4.31 Å². The van der Waals surface area contributed by atoms with Crippen molar-refractivity contribution in [2.75, 3.05) is 17.1 Å². The zero-order valence-electron chi connectivity index (χ0n) is 9.36. The predicted molar refractivity (Wildman–Crippen MR) is 68.4 cm³/mol. The first kappa shape index (κ1) is 14.0. The molecule has 0 saturated heterocycles. The molecule has 94 valence electrons. The lowest BCUT2D eigenvalue weighted by molar-refractivity contribution is 0.590. The Morgan fingerprint density at radius 3 is 2.65 bits per heavy atom. The smallest absolute Gasteiger partial charge is 0.232 e. The summed E-state index contributed by atoms with van der Waals surface area (Å²) in [6, 6.07) is 3.89. The second-order valence-electron chi connectivity index (χ2n) is 3.51. The van der Waals surface area contributed by atoms with Crippen LogP contribution in [0, 0.1) is 5.82 Å². The van der Waals surface area contributed by atoms with E-state index in [-0.39, 0.29) is 17.3 Å². The van der Waals surface area contributed by atoms with Gasteiger partial charge in [-0.3, -0.25) is 4.31 Å². The highest BCUT2D eigenvalue weighted by Crippen LogP contribution is 2.24. The molecule has 0 atom stereocenters. The molecular formula is C11H13ClFNO2S. The Morgan fingerprint density at radius 1 is 1.53 bits per heavy atom. The van der Waals surface area contributed by atoms with Crippen molar-refractivity contribution in [2.45, 2.75) is 6.42 Å². The molecule has 0 aliphatic rings. The molecule has 0 N–H and O–H groups in total. The topological polar surface area (TPSA) is 37.4 Å². The summed E-state index contributed by atoms with van der Waals surface area (Å²) >= 11 is 5.62. The van der Waals surface area contributed by atoms with Gasteiger partial charge in [0.15, 0.2) is 0 Å². The number of sulfonamides is 1. The van der Waals surface area contributed by atoms with Crippen LogP contribution >= 0.6 is 11.6 Å². The zero-order chi connectivity index (χ0) is 13.1. The van der Waals surface area contributed by atoms with E-state index in [4.69, 9.17) is 11.6 Å². The fraction of sp³-hybridized carbons (Fsp3) is 0.273. The maximum atomic E-state index is 13.6. The van der Waals surface area contributed by atoms with Gasteiger partial charge in [0.2, 0.25) is 10.0 Å². The molecule has 17 heavy (non-hydrogen) atoms. The normalized spacial score (nSPS) is 11.2. The van der Waals surface area contributed by atoms with Crippen molar-refractivity contribution < 1.29 is 12.8 Å². The van der Waals surface area contributed by atoms with E-state index < -0.39 is 15.8 Å². The van der Waals surface area contributed by atoms with Crippen molar-refractivity contribution in [3.05, 3.63) is 41.7 Å². The Bertz CT molecular complexity index is 516. The summed E-state index contributed by atoms with van der Waals surface area (Å²) in [4.78, 5) is 0. The van der Waals surface area contributed by atoms with Crippen molar-refractivity contribution in [1.82, 2.24) is 0 Å². The van der Waals surface area contributed by atoms with E-state index >= 15 is 0 Å². The van der Waals surface area contributed by atoms with Crippen molar-refractivity contribution >= 4 is 27.3 Å². The quantitative estimate of drug-likeness (QED) is 0.776. The van der Waals surface area contributed by atoms with Gasteiger partial charge in [-0.25, -0.2) is 12.8 Å². The second-order valence-corrected chi connectivity index (χ2v) is 5.85. The first-order valence-corrected chi connectivity index (χ1v) is 7.12. The van der Waals surface area contributed by atoms with Gasteiger partial charge in [0, 0.05) is 11.6 Å². The number of halogens is 2. The van der Waals surface area contributed by atoms with Crippen molar-refractivity contribution in [3.63, 3.8) is 0 Å². The summed E-state index contributed by atoms with van der Waals surface area (Å²) in [5.41, 5.74) is -0.00116. The first-order chi connectivity index (χ1) is 7.86. The molecule has 0 fully saturated rings. The highest BCUT2D eigenvalue weighted by atomic mass is 35.5. The third kappa shape index (κ3) is 3.71. The van der Waals surface area contributed by atoms with Crippen LogP contribution in [0.25, 0.3) is 0 Å². The van der Waals surface area contributed by atoms with E-state index in [1.54, 1.807) is 6.08 Å². The highest BCUT2D eigenvalue weighted by molar-refractivity contribution is 7.92. The van der Waals surface area contributed by atoms with E-state index in [2.05, 4.69) is 6.58 Å². The molecule has 6 heteroatoms. The third-order valence-electron chi connectivity index (χ3n) is 2.12. The van der Waals surface area contributed by atoms with Gasteiger partial charge in [-0.05, 0) is 24.6 Å². The largest absolute Gasteiger partial charge is 0.267 e. The van der Waals surface area contributed by atoms with Crippen molar-refractivity contribution in [1.29, 1.82) is 0 Å². The maximum Gasteiger partial charge on any atom is 0.232 e. The molecule has 0 unspecified atom stereocenters. The molecule has 1 aromatic carbocycles. The van der Waals surface area contributed by atoms with Crippen molar-refractivity contribution in [2.24, 2.45) is 0 Å². The number of benzene rings is 1. The molecule has 0 aliphatic heterocycles. The van der Waals surface area contributed by atoms with E-state index in [1.165, 1.54) is 12.1 Å². The minimum Gasteiger partial charge on any atom is -0.267 e. The molecule has 0 radical (unpaired) electrons. The van der Waals surface area contributed by atoms with E-state index in [0.29, 0.717) is 6.42 Å². The van der Waals surface area contributed by atoms with Crippen LogP contribution in [0.3, 0.4) is 0 Å². The zero-order valence-corrected chi connectivity index (χ0v) is 10.9. The fourth-order valence-corrected chi connectivity index (χ4v) is 2.46. The molecule has 3 nitrogen and oxygen atoms in total. The minimum atomic E-state index is -3.52. The number of nitrogens with zero attached hydrogens (tertiary/aromatic N) is 1.